The van der Waals surface area contributed by atoms with Crippen LogP contribution in [0.15, 0.2) is 42.5 Å². The highest BCUT2D eigenvalue weighted by Gasteiger charge is 2.17. The molecular formula is C22H26ClNO2. The molecular weight excluding hydrogens is 346 g/mol. The molecule has 1 fully saturated rings. The third-order valence-electron chi connectivity index (χ3n) is 5.03. The van der Waals surface area contributed by atoms with Crippen molar-refractivity contribution in [1.29, 1.82) is 0 Å². The van der Waals surface area contributed by atoms with Crippen LogP contribution in [0.3, 0.4) is 0 Å². The number of halogens is 1. The van der Waals surface area contributed by atoms with Crippen molar-refractivity contribution >= 4 is 17.5 Å². The van der Waals surface area contributed by atoms with E-state index < -0.39 is 0 Å². The van der Waals surface area contributed by atoms with Crippen LogP contribution in [0.5, 0.6) is 0 Å². The summed E-state index contributed by atoms with van der Waals surface area (Å²) in [6.07, 6.45) is 4.71. The molecule has 3 nitrogen and oxygen atoms in total. The second kappa shape index (κ2) is 8.70. The number of benzene rings is 2. The van der Waals surface area contributed by atoms with Gasteiger partial charge in [-0.3, -0.25) is 4.79 Å². The summed E-state index contributed by atoms with van der Waals surface area (Å²) in [6, 6.07) is 13.6. The number of carbonyl (C=O) groups excluding carboxylic acids is 1. The molecule has 26 heavy (non-hydrogen) atoms. The molecule has 1 amide bonds. The van der Waals surface area contributed by atoms with Gasteiger partial charge in [0.15, 0.2) is 0 Å². The second-order valence-corrected chi connectivity index (χ2v) is 7.42. The van der Waals surface area contributed by atoms with Crippen LogP contribution in [0.2, 0.25) is 5.02 Å². The first-order valence-electron chi connectivity index (χ1n) is 9.29. The van der Waals surface area contributed by atoms with Gasteiger partial charge in [-0.25, -0.2) is 0 Å². The first-order chi connectivity index (χ1) is 12.6. The van der Waals surface area contributed by atoms with E-state index in [0.717, 1.165) is 60.5 Å². The highest BCUT2D eigenvalue weighted by atomic mass is 35.5. The van der Waals surface area contributed by atoms with E-state index >= 15 is 0 Å². The summed E-state index contributed by atoms with van der Waals surface area (Å²) < 4.78 is 5.64. The van der Waals surface area contributed by atoms with Gasteiger partial charge in [-0.2, -0.15) is 0 Å². The average Bonchev–Trinajstić information content (AvgIpc) is 3.15. The number of rotatable bonds is 6. The lowest BCUT2D eigenvalue weighted by molar-refractivity contribution is 0.0763. The van der Waals surface area contributed by atoms with E-state index in [2.05, 4.69) is 0 Å². The molecule has 1 aliphatic heterocycles. The minimum atomic E-state index is 0.0553. The average molecular weight is 372 g/mol. The number of carbonyl (C=O) groups is 1. The molecule has 0 unspecified atom stereocenters. The zero-order chi connectivity index (χ0) is 18.5. The van der Waals surface area contributed by atoms with Gasteiger partial charge in [0.1, 0.15) is 0 Å². The van der Waals surface area contributed by atoms with E-state index in [1.54, 1.807) is 4.90 Å². The van der Waals surface area contributed by atoms with E-state index in [0.29, 0.717) is 11.7 Å². The lowest BCUT2D eigenvalue weighted by Gasteiger charge is -2.18. The van der Waals surface area contributed by atoms with Gasteiger partial charge in [0, 0.05) is 36.3 Å². The molecule has 0 radical (unpaired) electrons. The maximum atomic E-state index is 12.6. The Labute approximate surface area is 160 Å². The molecule has 4 heteroatoms. The maximum Gasteiger partial charge on any atom is 0.253 e. The van der Waals surface area contributed by atoms with Gasteiger partial charge in [0.25, 0.3) is 5.91 Å². The van der Waals surface area contributed by atoms with Crippen molar-refractivity contribution in [2.24, 2.45) is 0 Å². The van der Waals surface area contributed by atoms with Crippen molar-refractivity contribution in [3.05, 3.63) is 58.6 Å². The zero-order valence-electron chi connectivity index (χ0n) is 15.5. The molecule has 0 saturated carbocycles. The molecule has 2 aromatic carbocycles. The Morgan fingerprint density at radius 2 is 2.00 bits per heavy atom. The summed E-state index contributed by atoms with van der Waals surface area (Å²) in [5.41, 5.74) is 3.89. The normalized spacial score (nSPS) is 16.7. The van der Waals surface area contributed by atoms with Crippen LogP contribution in [-0.2, 0) is 4.74 Å². The number of ether oxygens (including phenoxy) is 1. The highest BCUT2D eigenvalue weighted by Crippen LogP contribution is 2.31. The quantitative estimate of drug-likeness (QED) is 0.685. The number of aryl methyl sites for hydroxylation is 1. The minimum absolute atomic E-state index is 0.0553. The van der Waals surface area contributed by atoms with E-state index in [-0.39, 0.29) is 5.91 Å². The first kappa shape index (κ1) is 18.9. The van der Waals surface area contributed by atoms with E-state index in [9.17, 15) is 4.79 Å². The van der Waals surface area contributed by atoms with Crippen molar-refractivity contribution < 1.29 is 9.53 Å². The fourth-order valence-electron chi connectivity index (χ4n) is 3.53. The molecule has 1 saturated heterocycles. The third kappa shape index (κ3) is 4.46. The van der Waals surface area contributed by atoms with Gasteiger partial charge in [-0.05, 0) is 61.9 Å². The van der Waals surface area contributed by atoms with Crippen LogP contribution < -0.4 is 0 Å². The Morgan fingerprint density at radius 1 is 1.23 bits per heavy atom. The molecule has 3 rings (SSSR count). The van der Waals surface area contributed by atoms with E-state index in [4.69, 9.17) is 16.3 Å². The van der Waals surface area contributed by atoms with Crippen molar-refractivity contribution in [3.63, 3.8) is 0 Å². The molecule has 1 aliphatic rings. The molecule has 0 spiro atoms. The van der Waals surface area contributed by atoms with Gasteiger partial charge in [-0.1, -0.05) is 35.9 Å². The van der Waals surface area contributed by atoms with Crippen LogP contribution in [0.4, 0.5) is 0 Å². The molecule has 1 heterocycles. The van der Waals surface area contributed by atoms with Crippen molar-refractivity contribution in [2.75, 3.05) is 20.2 Å². The molecule has 0 bridgehead atoms. The highest BCUT2D eigenvalue weighted by molar-refractivity contribution is 6.33. The van der Waals surface area contributed by atoms with Crippen LogP contribution in [0.25, 0.3) is 11.1 Å². The van der Waals surface area contributed by atoms with Crippen molar-refractivity contribution in [3.8, 4) is 11.1 Å². The molecule has 2 aromatic rings. The number of amides is 1. The lowest BCUT2D eigenvalue weighted by Crippen LogP contribution is -2.28. The molecule has 0 aliphatic carbocycles. The summed E-state index contributed by atoms with van der Waals surface area (Å²) in [5, 5.41) is 0.732. The molecule has 0 aromatic heterocycles. The van der Waals surface area contributed by atoms with Crippen LogP contribution in [-0.4, -0.2) is 37.1 Å². The topological polar surface area (TPSA) is 29.5 Å². The fourth-order valence-corrected chi connectivity index (χ4v) is 3.86. The van der Waals surface area contributed by atoms with Crippen molar-refractivity contribution in [2.45, 2.75) is 38.7 Å². The summed E-state index contributed by atoms with van der Waals surface area (Å²) in [5.74, 6) is 0.0553. The molecule has 0 N–H and O–H groups in total. The predicted molar refractivity (Wildman–Crippen MR) is 107 cm³/mol. The van der Waals surface area contributed by atoms with Gasteiger partial charge < -0.3 is 9.64 Å². The van der Waals surface area contributed by atoms with Crippen LogP contribution >= 0.6 is 11.6 Å². The van der Waals surface area contributed by atoms with Crippen LogP contribution in [0, 0.1) is 6.92 Å². The summed E-state index contributed by atoms with van der Waals surface area (Å²) >= 11 is 6.34. The Hall–Kier alpha value is -1.84. The van der Waals surface area contributed by atoms with Gasteiger partial charge >= 0.3 is 0 Å². The number of hydrogen-bond acceptors (Lipinski definition) is 2. The summed E-state index contributed by atoms with van der Waals surface area (Å²) in [7, 11) is 1.87. The summed E-state index contributed by atoms with van der Waals surface area (Å²) in [6.45, 7) is 3.68. The van der Waals surface area contributed by atoms with Gasteiger partial charge in [0.2, 0.25) is 0 Å². The van der Waals surface area contributed by atoms with E-state index in [1.807, 2.05) is 56.4 Å². The van der Waals surface area contributed by atoms with E-state index in [1.165, 1.54) is 0 Å². The van der Waals surface area contributed by atoms with Gasteiger partial charge in [0.05, 0.1) is 6.10 Å². The summed E-state index contributed by atoms with van der Waals surface area (Å²) in [4.78, 5) is 14.4. The monoisotopic (exact) mass is 371 g/mol. The number of nitrogens with zero attached hydrogens (tertiary/aromatic N) is 1. The van der Waals surface area contributed by atoms with Crippen molar-refractivity contribution in [1.82, 2.24) is 4.90 Å². The fraction of sp³-hybridized carbons (Fsp3) is 0.409. The third-order valence-corrected chi connectivity index (χ3v) is 5.35. The van der Waals surface area contributed by atoms with Crippen LogP contribution in [0.1, 0.15) is 41.6 Å². The Kier molecular flexibility index (Phi) is 6.33. The SMILES string of the molecule is Cc1cccc(Cl)c1-c1ccc(C(=O)N(C)CCC[C@H]2CCCO2)cc1. The Bertz CT molecular complexity index is 731. The molecule has 138 valence electrons. The second-order valence-electron chi connectivity index (χ2n) is 7.01. The Balaban J connectivity index is 1.61. The molecule has 1 atom stereocenters. The van der Waals surface area contributed by atoms with Gasteiger partial charge in [-0.15, -0.1) is 0 Å². The zero-order valence-corrected chi connectivity index (χ0v) is 16.3. The maximum absolute atomic E-state index is 12.6. The lowest BCUT2D eigenvalue weighted by atomic mass is 9.99. The standard InChI is InChI=1S/C22H26ClNO2/c1-16-6-3-9-20(23)21(16)17-10-12-18(13-11-17)22(25)24(2)14-4-7-19-8-5-15-26-19/h3,6,9-13,19H,4-5,7-8,14-15H2,1-2H3/t19-/m0/s1. The Morgan fingerprint density at radius 3 is 2.65 bits per heavy atom. The predicted octanol–water partition coefficient (Wildman–Crippen LogP) is 5.35. The minimum Gasteiger partial charge on any atom is -0.378 e. The number of hydrogen-bond donors (Lipinski definition) is 0. The first-order valence-corrected chi connectivity index (χ1v) is 9.66. The smallest absolute Gasteiger partial charge is 0.253 e. The largest absolute Gasteiger partial charge is 0.378 e.